The Labute approximate surface area is 181 Å². The normalized spacial score (nSPS) is 13.9. The molecule has 9 heteroatoms. The number of anilines is 2. The number of carbonyl (C=O) groups is 2. The first kappa shape index (κ1) is 22.2. The minimum atomic E-state index is -0.691. The Morgan fingerprint density at radius 1 is 1.19 bits per heavy atom. The maximum atomic E-state index is 12.6. The molecule has 9 nitrogen and oxygen atoms in total. The van der Waals surface area contributed by atoms with E-state index in [1.165, 1.54) is 11.1 Å². The number of amides is 2. The Bertz CT molecular complexity index is 992. The molecule has 0 radical (unpaired) electrons. The van der Waals surface area contributed by atoms with E-state index in [4.69, 9.17) is 0 Å². The smallest absolute Gasteiger partial charge is 0.259 e. The molecule has 0 saturated heterocycles. The average Bonchev–Trinajstić information content (AvgIpc) is 3.58. The van der Waals surface area contributed by atoms with E-state index in [1.807, 2.05) is 13.8 Å². The SMILES string of the molecule is CC(C)NC(Nc1cc(-c2cnc(NC(=O)C3CC3)cn2)ccc1C#N)C(=O)N(C)C. The summed E-state index contributed by atoms with van der Waals surface area (Å²) in [6, 6.07) is 7.42. The Morgan fingerprint density at radius 2 is 1.94 bits per heavy atom. The second-order valence-electron chi connectivity index (χ2n) is 8.05. The molecule has 162 valence electrons. The third-order valence-corrected chi connectivity index (χ3v) is 4.77. The number of hydrogen-bond donors (Lipinski definition) is 3. The summed E-state index contributed by atoms with van der Waals surface area (Å²) in [5.41, 5.74) is 2.24. The monoisotopic (exact) mass is 421 g/mol. The van der Waals surface area contributed by atoms with Crippen LogP contribution in [0.1, 0.15) is 32.3 Å². The summed E-state index contributed by atoms with van der Waals surface area (Å²) >= 11 is 0. The minimum absolute atomic E-state index is 0.0267. The van der Waals surface area contributed by atoms with Gasteiger partial charge in [-0.1, -0.05) is 6.07 Å². The molecule has 1 unspecified atom stereocenters. The van der Waals surface area contributed by atoms with Crippen molar-refractivity contribution in [1.29, 1.82) is 5.26 Å². The van der Waals surface area contributed by atoms with Crippen LogP contribution in [0, 0.1) is 17.2 Å². The molecular weight excluding hydrogens is 394 g/mol. The fraction of sp³-hybridized carbons (Fsp3) is 0.409. The highest BCUT2D eigenvalue weighted by Gasteiger charge is 2.29. The van der Waals surface area contributed by atoms with Crippen molar-refractivity contribution in [2.24, 2.45) is 5.92 Å². The van der Waals surface area contributed by atoms with Crippen molar-refractivity contribution in [3.05, 3.63) is 36.2 Å². The lowest BCUT2D eigenvalue weighted by molar-refractivity contribution is -0.130. The molecule has 31 heavy (non-hydrogen) atoms. The number of benzene rings is 1. The lowest BCUT2D eigenvalue weighted by Crippen LogP contribution is -2.51. The van der Waals surface area contributed by atoms with Crippen molar-refractivity contribution in [2.45, 2.75) is 38.9 Å². The number of carbonyl (C=O) groups excluding carboxylic acids is 2. The largest absolute Gasteiger partial charge is 0.361 e. The van der Waals surface area contributed by atoms with Gasteiger partial charge in [0.1, 0.15) is 6.07 Å². The predicted octanol–water partition coefficient (Wildman–Crippen LogP) is 2.19. The van der Waals surface area contributed by atoms with Gasteiger partial charge in [0.25, 0.3) is 5.91 Å². The zero-order valence-corrected chi connectivity index (χ0v) is 18.1. The van der Waals surface area contributed by atoms with Gasteiger partial charge in [-0.25, -0.2) is 4.98 Å². The summed E-state index contributed by atoms with van der Waals surface area (Å²) < 4.78 is 0. The summed E-state index contributed by atoms with van der Waals surface area (Å²) in [7, 11) is 3.36. The molecule has 2 aromatic rings. The summed E-state index contributed by atoms with van der Waals surface area (Å²) in [4.78, 5) is 34.6. The van der Waals surface area contributed by atoms with Gasteiger partial charge in [0.05, 0.1) is 29.3 Å². The van der Waals surface area contributed by atoms with E-state index in [2.05, 4.69) is 32.0 Å². The molecule has 1 aromatic heterocycles. The molecule has 1 heterocycles. The van der Waals surface area contributed by atoms with Crippen LogP contribution in [0.15, 0.2) is 30.6 Å². The number of aromatic nitrogens is 2. The number of likely N-dealkylation sites (N-methyl/N-ethyl adjacent to an activating group) is 1. The van der Waals surface area contributed by atoms with E-state index in [0.29, 0.717) is 22.8 Å². The zero-order valence-electron chi connectivity index (χ0n) is 18.1. The number of nitriles is 1. The topological polar surface area (TPSA) is 123 Å². The lowest BCUT2D eigenvalue weighted by atomic mass is 10.1. The van der Waals surface area contributed by atoms with Crippen LogP contribution in [-0.4, -0.2) is 53.0 Å². The van der Waals surface area contributed by atoms with Gasteiger partial charge in [0.2, 0.25) is 5.91 Å². The molecule has 3 N–H and O–H groups in total. The lowest BCUT2D eigenvalue weighted by Gasteiger charge is -2.26. The van der Waals surface area contributed by atoms with Crippen LogP contribution in [0.3, 0.4) is 0 Å². The van der Waals surface area contributed by atoms with Crippen molar-refractivity contribution >= 4 is 23.3 Å². The molecule has 1 aromatic carbocycles. The van der Waals surface area contributed by atoms with Gasteiger partial charge in [-0.05, 0) is 38.8 Å². The van der Waals surface area contributed by atoms with Gasteiger partial charge in [-0.15, -0.1) is 0 Å². The summed E-state index contributed by atoms with van der Waals surface area (Å²) in [5, 5.41) is 18.6. The number of nitrogens with zero attached hydrogens (tertiary/aromatic N) is 4. The first-order valence-electron chi connectivity index (χ1n) is 10.2. The maximum Gasteiger partial charge on any atom is 0.259 e. The van der Waals surface area contributed by atoms with E-state index in [9.17, 15) is 14.9 Å². The van der Waals surface area contributed by atoms with Gasteiger partial charge >= 0.3 is 0 Å². The molecule has 1 saturated carbocycles. The molecule has 0 spiro atoms. The molecule has 0 bridgehead atoms. The first-order valence-corrected chi connectivity index (χ1v) is 10.2. The van der Waals surface area contributed by atoms with Crippen LogP contribution in [-0.2, 0) is 9.59 Å². The highest BCUT2D eigenvalue weighted by atomic mass is 16.2. The molecule has 2 amide bonds. The minimum Gasteiger partial charge on any atom is -0.361 e. The van der Waals surface area contributed by atoms with Crippen molar-refractivity contribution in [1.82, 2.24) is 20.2 Å². The zero-order chi connectivity index (χ0) is 22.5. The molecule has 3 rings (SSSR count). The van der Waals surface area contributed by atoms with Crippen LogP contribution in [0.4, 0.5) is 11.5 Å². The molecule has 1 fully saturated rings. The van der Waals surface area contributed by atoms with Crippen molar-refractivity contribution in [2.75, 3.05) is 24.7 Å². The van der Waals surface area contributed by atoms with E-state index in [-0.39, 0.29) is 23.8 Å². The third-order valence-electron chi connectivity index (χ3n) is 4.77. The van der Waals surface area contributed by atoms with Gasteiger partial charge in [0.15, 0.2) is 12.0 Å². The molecular formula is C22H27N7O2. The average molecular weight is 422 g/mol. The molecule has 1 atom stereocenters. The Morgan fingerprint density at radius 3 is 2.48 bits per heavy atom. The number of rotatable bonds is 8. The number of nitrogens with one attached hydrogen (secondary N) is 3. The summed E-state index contributed by atoms with van der Waals surface area (Å²) in [6.07, 6.45) is 4.23. The molecule has 1 aliphatic carbocycles. The van der Waals surface area contributed by atoms with Gasteiger partial charge in [0, 0.05) is 31.6 Å². The first-order chi connectivity index (χ1) is 14.8. The Balaban J connectivity index is 1.83. The van der Waals surface area contributed by atoms with Gasteiger partial charge < -0.3 is 15.5 Å². The van der Waals surface area contributed by atoms with E-state index in [0.717, 1.165) is 18.4 Å². The second-order valence-corrected chi connectivity index (χ2v) is 8.05. The molecule has 0 aliphatic heterocycles. The standard InChI is InChI=1S/C22H27N7O2/c1-13(2)26-20(22(31)29(3)4)27-17-9-15(7-8-16(17)10-23)18-11-25-19(12-24-18)28-21(30)14-5-6-14/h7-9,11-14,20,26-27H,5-6H2,1-4H3,(H,25,28,30). The van der Waals surface area contributed by atoms with Crippen LogP contribution in [0.2, 0.25) is 0 Å². The van der Waals surface area contributed by atoms with E-state index < -0.39 is 6.17 Å². The van der Waals surface area contributed by atoms with Crippen LogP contribution in [0.25, 0.3) is 11.3 Å². The fourth-order valence-corrected chi connectivity index (χ4v) is 2.96. The maximum absolute atomic E-state index is 12.6. The van der Waals surface area contributed by atoms with Crippen molar-refractivity contribution < 1.29 is 9.59 Å². The van der Waals surface area contributed by atoms with Crippen molar-refractivity contribution in [3.8, 4) is 17.3 Å². The summed E-state index contributed by atoms with van der Waals surface area (Å²) in [5.74, 6) is 0.316. The van der Waals surface area contributed by atoms with Gasteiger partial charge in [-0.2, -0.15) is 5.26 Å². The quantitative estimate of drug-likeness (QED) is 0.558. The van der Waals surface area contributed by atoms with Gasteiger partial charge in [-0.3, -0.25) is 19.9 Å². The molecule has 1 aliphatic rings. The van der Waals surface area contributed by atoms with E-state index in [1.54, 1.807) is 38.5 Å². The van der Waals surface area contributed by atoms with Crippen molar-refractivity contribution in [3.63, 3.8) is 0 Å². The Kier molecular flexibility index (Phi) is 6.82. The predicted molar refractivity (Wildman–Crippen MR) is 118 cm³/mol. The van der Waals surface area contributed by atoms with Crippen LogP contribution < -0.4 is 16.0 Å². The number of hydrogen-bond acceptors (Lipinski definition) is 7. The van der Waals surface area contributed by atoms with E-state index >= 15 is 0 Å². The van der Waals surface area contributed by atoms with Crippen LogP contribution >= 0.6 is 0 Å². The fourth-order valence-electron chi connectivity index (χ4n) is 2.96. The Hall–Kier alpha value is -3.51. The third kappa shape index (κ3) is 5.77. The second kappa shape index (κ2) is 9.53. The highest BCUT2D eigenvalue weighted by molar-refractivity contribution is 5.93. The van der Waals surface area contributed by atoms with Crippen LogP contribution in [0.5, 0.6) is 0 Å². The summed E-state index contributed by atoms with van der Waals surface area (Å²) in [6.45, 7) is 3.89. The highest BCUT2D eigenvalue weighted by Crippen LogP contribution is 2.30.